The van der Waals surface area contributed by atoms with E-state index in [2.05, 4.69) is 113 Å². The Morgan fingerprint density at radius 2 is 1.49 bits per heavy atom. The van der Waals surface area contributed by atoms with Crippen molar-refractivity contribution in [2.24, 2.45) is 0 Å². The Balaban J connectivity index is 1.53. The molecule has 1 aromatic heterocycles. The second-order valence-corrected chi connectivity index (χ2v) is 10.9. The molecule has 0 amide bonds. The highest BCUT2D eigenvalue weighted by atomic mass is 32.2. The van der Waals surface area contributed by atoms with E-state index < -0.39 is 0 Å². The molecule has 162 valence electrons. The smallest absolute Gasteiger partial charge is 0.333 e. The lowest BCUT2D eigenvalue weighted by molar-refractivity contribution is 1.16. The number of para-hydroxylation sites is 4. The Hall–Kier alpha value is -3.89. The van der Waals surface area contributed by atoms with Gasteiger partial charge in [-0.1, -0.05) is 78.5 Å². The van der Waals surface area contributed by atoms with Gasteiger partial charge >= 0.3 is 6.85 Å². The minimum atomic E-state index is 0.136. The Kier molecular flexibility index (Phi) is 3.27. The maximum absolute atomic E-state index is 2.63. The molecule has 0 aliphatic carbocycles. The summed E-state index contributed by atoms with van der Waals surface area (Å²) in [5.41, 5.74) is 13.4. The van der Waals surface area contributed by atoms with Crippen LogP contribution in [0.1, 0.15) is 5.56 Å². The first kappa shape index (κ1) is 18.4. The second-order valence-electron chi connectivity index (χ2n) is 9.84. The largest absolute Gasteiger partial charge is 0.374 e. The van der Waals surface area contributed by atoms with Crippen LogP contribution in [0.25, 0.3) is 38.6 Å². The zero-order chi connectivity index (χ0) is 22.8. The van der Waals surface area contributed by atoms with Crippen LogP contribution in [0, 0.1) is 6.92 Å². The highest BCUT2D eigenvalue weighted by Crippen LogP contribution is 2.54. The third-order valence-electron chi connectivity index (χ3n) is 7.97. The van der Waals surface area contributed by atoms with Gasteiger partial charge in [0.05, 0.1) is 16.7 Å². The Labute approximate surface area is 207 Å². The summed E-state index contributed by atoms with van der Waals surface area (Å²) < 4.78 is 2.53. The minimum absolute atomic E-state index is 0.136. The van der Waals surface area contributed by atoms with Crippen LogP contribution in [-0.4, -0.2) is 11.4 Å². The van der Waals surface area contributed by atoms with Crippen LogP contribution in [0.4, 0.5) is 11.4 Å². The van der Waals surface area contributed by atoms with E-state index in [-0.39, 0.29) is 6.85 Å². The van der Waals surface area contributed by atoms with Crippen molar-refractivity contribution < 1.29 is 0 Å². The number of fused-ring (bicyclic) bond motifs is 9. The van der Waals surface area contributed by atoms with Gasteiger partial charge in [-0.15, -0.1) is 0 Å². The number of rotatable bonds is 0. The van der Waals surface area contributed by atoms with Crippen molar-refractivity contribution in [2.45, 2.75) is 16.7 Å². The van der Waals surface area contributed by atoms with Gasteiger partial charge in [0.1, 0.15) is 0 Å². The Bertz CT molecular complexity index is 1920. The van der Waals surface area contributed by atoms with Gasteiger partial charge in [-0.05, 0) is 59.3 Å². The Morgan fingerprint density at radius 3 is 2.46 bits per heavy atom. The number of hydrogen-bond acceptors (Lipinski definition) is 2. The summed E-state index contributed by atoms with van der Waals surface area (Å²) in [4.78, 5) is 5.30. The van der Waals surface area contributed by atoms with Crippen LogP contribution < -0.4 is 15.7 Å². The molecule has 0 bridgehead atoms. The second kappa shape index (κ2) is 6.21. The summed E-state index contributed by atoms with van der Waals surface area (Å²) in [5, 5.41) is 2.66. The van der Waals surface area contributed by atoms with Gasteiger partial charge in [-0.3, -0.25) is 0 Å². The van der Waals surface area contributed by atoms with Crippen LogP contribution in [0.3, 0.4) is 0 Å². The summed E-state index contributed by atoms with van der Waals surface area (Å²) >= 11 is 1.90. The molecule has 0 atom stereocenters. The number of hydrogen-bond donors (Lipinski definition) is 0. The summed E-state index contributed by atoms with van der Waals surface area (Å²) in [6, 6.07) is 36.3. The molecule has 2 nitrogen and oxygen atoms in total. The van der Waals surface area contributed by atoms with Crippen molar-refractivity contribution in [3.05, 3.63) is 103 Å². The lowest BCUT2D eigenvalue weighted by Gasteiger charge is -2.45. The molecule has 3 aliphatic rings. The van der Waals surface area contributed by atoms with Gasteiger partial charge in [0, 0.05) is 37.5 Å². The van der Waals surface area contributed by atoms with Gasteiger partial charge in [-0.25, -0.2) is 0 Å². The van der Waals surface area contributed by atoms with Crippen molar-refractivity contribution in [3.63, 3.8) is 0 Å². The molecule has 0 saturated heterocycles. The van der Waals surface area contributed by atoms with E-state index >= 15 is 0 Å². The molecule has 0 fully saturated rings. The number of anilines is 2. The predicted molar refractivity (Wildman–Crippen MR) is 149 cm³/mol. The average molecular weight is 462 g/mol. The molecule has 4 heteroatoms. The quantitative estimate of drug-likeness (QED) is 0.230. The van der Waals surface area contributed by atoms with E-state index in [1.165, 1.54) is 76.3 Å². The van der Waals surface area contributed by atoms with Crippen molar-refractivity contribution in [2.75, 3.05) is 4.81 Å². The summed E-state index contributed by atoms with van der Waals surface area (Å²) in [7, 11) is 0. The molecule has 0 radical (unpaired) electrons. The summed E-state index contributed by atoms with van der Waals surface area (Å²) in [6.07, 6.45) is 0. The van der Waals surface area contributed by atoms with E-state index in [1.807, 2.05) is 11.8 Å². The maximum atomic E-state index is 2.63. The molecular formula is C31H19BN2S. The van der Waals surface area contributed by atoms with E-state index in [0.717, 1.165) is 0 Å². The first-order valence-corrected chi connectivity index (χ1v) is 13.0. The zero-order valence-electron chi connectivity index (χ0n) is 19.1. The fourth-order valence-electron chi connectivity index (χ4n) is 6.73. The molecule has 0 N–H and O–H groups in total. The number of aromatic nitrogens is 1. The van der Waals surface area contributed by atoms with Crippen LogP contribution in [0.15, 0.2) is 107 Å². The fraction of sp³-hybridized carbons (Fsp3) is 0.0323. The molecule has 3 aliphatic heterocycles. The standard InChI is InChI=1S/C31H19BN2S/c1-18-16-22-21-10-7-15-28-31(21)34(25-13-4-5-14-27(25)35-28)32-23-11-6-9-20-19-8-2-3-12-24(19)33(30(20)23)26(17-18)29(22)32/h2-17H,1H3. The molecule has 9 rings (SSSR count). The first-order chi connectivity index (χ1) is 17.3. The van der Waals surface area contributed by atoms with Crippen molar-refractivity contribution in [1.82, 2.24) is 4.57 Å². The summed E-state index contributed by atoms with van der Waals surface area (Å²) in [5.74, 6) is 0. The van der Waals surface area contributed by atoms with E-state index in [0.29, 0.717) is 0 Å². The Morgan fingerprint density at radius 1 is 0.686 bits per heavy atom. The van der Waals surface area contributed by atoms with Crippen molar-refractivity contribution in [1.29, 1.82) is 0 Å². The van der Waals surface area contributed by atoms with Crippen molar-refractivity contribution >= 4 is 62.7 Å². The molecule has 6 aromatic rings. The van der Waals surface area contributed by atoms with Gasteiger partial charge in [0.2, 0.25) is 0 Å². The van der Waals surface area contributed by atoms with Gasteiger partial charge in [0.15, 0.2) is 0 Å². The zero-order valence-corrected chi connectivity index (χ0v) is 19.9. The van der Waals surface area contributed by atoms with Gasteiger partial charge in [-0.2, -0.15) is 0 Å². The molecule has 0 spiro atoms. The van der Waals surface area contributed by atoms with Crippen LogP contribution >= 0.6 is 11.8 Å². The number of nitrogens with zero attached hydrogens (tertiary/aromatic N) is 2. The van der Waals surface area contributed by atoms with Gasteiger partial charge < -0.3 is 9.38 Å². The maximum Gasteiger partial charge on any atom is 0.333 e. The number of benzene rings is 5. The fourth-order valence-corrected chi connectivity index (χ4v) is 7.84. The normalized spacial score (nSPS) is 14.2. The molecule has 0 saturated carbocycles. The van der Waals surface area contributed by atoms with E-state index in [9.17, 15) is 0 Å². The topological polar surface area (TPSA) is 8.17 Å². The van der Waals surface area contributed by atoms with Crippen molar-refractivity contribution in [3.8, 4) is 16.8 Å². The predicted octanol–water partition coefficient (Wildman–Crippen LogP) is 6.79. The minimum Gasteiger partial charge on any atom is -0.374 e. The first-order valence-electron chi connectivity index (χ1n) is 12.2. The van der Waals surface area contributed by atoms with Crippen LogP contribution in [0.2, 0.25) is 0 Å². The third-order valence-corrected chi connectivity index (χ3v) is 9.08. The van der Waals surface area contributed by atoms with E-state index in [1.54, 1.807) is 0 Å². The number of aryl methyl sites for hydroxylation is 1. The van der Waals surface area contributed by atoms with Crippen LogP contribution in [-0.2, 0) is 0 Å². The SMILES string of the molecule is Cc1cc2c3c(c1)-n1c4ccccc4c4cccc(c41)B3N1c3ccccc3Sc3cccc-2c31. The highest BCUT2D eigenvalue weighted by Gasteiger charge is 2.46. The average Bonchev–Trinajstić information content (AvgIpc) is 3.23. The summed E-state index contributed by atoms with van der Waals surface area (Å²) in [6.45, 7) is 2.37. The molecule has 0 unspecified atom stereocenters. The lowest BCUT2D eigenvalue weighted by atomic mass is 9.44. The molecule has 4 heterocycles. The van der Waals surface area contributed by atoms with Crippen LogP contribution in [0.5, 0.6) is 0 Å². The molecular weight excluding hydrogens is 443 g/mol. The third kappa shape index (κ3) is 2.11. The van der Waals surface area contributed by atoms with E-state index in [4.69, 9.17) is 0 Å². The van der Waals surface area contributed by atoms with Gasteiger partial charge in [0.25, 0.3) is 0 Å². The lowest BCUT2D eigenvalue weighted by Crippen LogP contribution is -2.61. The highest BCUT2D eigenvalue weighted by molar-refractivity contribution is 7.99. The molecule has 5 aromatic carbocycles. The monoisotopic (exact) mass is 462 g/mol. The molecule has 35 heavy (non-hydrogen) atoms.